The van der Waals surface area contributed by atoms with Crippen molar-refractivity contribution >= 4 is 17.2 Å². The lowest BCUT2D eigenvalue weighted by Gasteiger charge is -1.92. The highest BCUT2D eigenvalue weighted by Gasteiger charge is 2.06. The van der Waals surface area contributed by atoms with Crippen LogP contribution >= 0.6 is 11.3 Å². The average molecular weight is 219 g/mol. The van der Waals surface area contributed by atoms with E-state index in [1.54, 1.807) is 18.6 Å². The summed E-state index contributed by atoms with van der Waals surface area (Å²) < 4.78 is 0. The zero-order valence-corrected chi connectivity index (χ0v) is 8.70. The number of rotatable bonds is 3. The third-order valence-corrected chi connectivity index (χ3v) is 2.88. The number of primary amides is 1. The highest BCUT2D eigenvalue weighted by Crippen LogP contribution is 2.24. The Labute approximate surface area is 90.8 Å². The maximum atomic E-state index is 10.7. The number of carbonyl (C=O) groups excluding carboxylic acids is 1. The van der Waals surface area contributed by atoms with E-state index in [1.807, 2.05) is 12.1 Å². The first-order chi connectivity index (χ1) is 7.25. The molecule has 0 aliphatic rings. The van der Waals surface area contributed by atoms with Crippen molar-refractivity contribution in [2.75, 3.05) is 0 Å². The van der Waals surface area contributed by atoms with Crippen molar-refractivity contribution in [2.24, 2.45) is 5.73 Å². The maximum Gasteiger partial charge on any atom is 0.222 e. The van der Waals surface area contributed by atoms with E-state index in [4.69, 9.17) is 5.73 Å². The lowest BCUT2D eigenvalue weighted by atomic mass is 10.3. The Balaban J connectivity index is 2.24. The maximum absolute atomic E-state index is 10.7. The molecule has 2 aromatic rings. The molecule has 76 valence electrons. The van der Waals surface area contributed by atoms with E-state index in [1.165, 1.54) is 11.3 Å². The van der Waals surface area contributed by atoms with Gasteiger partial charge in [0.05, 0.1) is 6.42 Å². The summed E-state index contributed by atoms with van der Waals surface area (Å²) in [5, 5.41) is 0.883. The van der Waals surface area contributed by atoms with Crippen LogP contribution in [0.25, 0.3) is 10.6 Å². The first-order valence-corrected chi connectivity index (χ1v) is 5.21. The fourth-order valence-corrected chi connectivity index (χ4v) is 2.12. The molecule has 2 N–H and O–H groups in total. The van der Waals surface area contributed by atoms with Crippen LogP contribution < -0.4 is 5.73 Å². The summed E-state index contributed by atoms with van der Waals surface area (Å²) in [7, 11) is 0. The van der Waals surface area contributed by atoms with Crippen LogP contribution in [-0.4, -0.2) is 15.9 Å². The quantitative estimate of drug-likeness (QED) is 0.844. The van der Waals surface area contributed by atoms with E-state index >= 15 is 0 Å². The molecule has 0 aliphatic carbocycles. The van der Waals surface area contributed by atoms with E-state index in [-0.39, 0.29) is 12.3 Å². The van der Waals surface area contributed by atoms with E-state index in [0.717, 1.165) is 15.4 Å². The van der Waals surface area contributed by atoms with E-state index in [0.29, 0.717) is 0 Å². The number of hydrogen-bond acceptors (Lipinski definition) is 4. The Hall–Kier alpha value is -1.75. The Kier molecular flexibility index (Phi) is 2.73. The minimum Gasteiger partial charge on any atom is -0.369 e. The zero-order chi connectivity index (χ0) is 10.7. The van der Waals surface area contributed by atoms with Gasteiger partial charge in [0.25, 0.3) is 0 Å². The molecule has 0 aliphatic heterocycles. The van der Waals surface area contributed by atoms with Crippen molar-refractivity contribution in [3.05, 3.63) is 35.6 Å². The van der Waals surface area contributed by atoms with Gasteiger partial charge in [-0.05, 0) is 12.1 Å². The summed E-state index contributed by atoms with van der Waals surface area (Å²) >= 11 is 1.47. The van der Waals surface area contributed by atoms with Gasteiger partial charge in [0.15, 0.2) is 0 Å². The van der Waals surface area contributed by atoms with Crippen molar-refractivity contribution in [1.29, 1.82) is 0 Å². The van der Waals surface area contributed by atoms with Crippen LogP contribution in [-0.2, 0) is 11.2 Å². The van der Waals surface area contributed by atoms with Crippen molar-refractivity contribution < 1.29 is 4.79 Å². The van der Waals surface area contributed by atoms with Crippen molar-refractivity contribution in [1.82, 2.24) is 9.97 Å². The number of thiazole rings is 1. The van der Waals surface area contributed by atoms with Crippen LogP contribution in [0.4, 0.5) is 0 Å². The van der Waals surface area contributed by atoms with Gasteiger partial charge in [-0.15, -0.1) is 11.3 Å². The number of nitrogens with two attached hydrogens (primary N) is 1. The minimum absolute atomic E-state index is 0.253. The van der Waals surface area contributed by atoms with Gasteiger partial charge in [0.2, 0.25) is 5.91 Å². The fourth-order valence-electron chi connectivity index (χ4n) is 1.19. The van der Waals surface area contributed by atoms with Crippen molar-refractivity contribution in [2.45, 2.75) is 6.42 Å². The number of aromatic nitrogens is 2. The van der Waals surface area contributed by atoms with E-state index in [2.05, 4.69) is 9.97 Å². The molecule has 0 bridgehead atoms. The topological polar surface area (TPSA) is 68.9 Å². The first kappa shape index (κ1) is 9.79. The molecule has 15 heavy (non-hydrogen) atoms. The fraction of sp³-hybridized carbons (Fsp3) is 0.100. The molecule has 4 nitrogen and oxygen atoms in total. The molecule has 2 aromatic heterocycles. The van der Waals surface area contributed by atoms with Gasteiger partial charge >= 0.3 is 0 Å². The molecule has 2 heterocycles. The molecule has 0 radical (unpaired) electrons. The largest absolute Gasteiger partial charge is 0.369 e. The van der Waals surface area contributed by atoms with Gasteiger partial charge < -0.3 is 5.73 Å². The van der Waals surface area contributed by atoms with Gasteiger partial charge in [-0.3, -0.25) is 9.78 Å². The highest BCUT2D eigenvalue weighted by atomic mass is 32.1. The number of pyridine rings is 1. The third-order valence-electron chi connectivity index (χ3n) is 1.83. The number of nitrogens with zero attached hydrogens (tertiary/aromatic N) is 2. The van der Waals surface area contributed by atoms with E-state index in [9.17, 15) is 4.79 Å². The Morgan fingerprint density at radius 1 is 1.40 bits per heavy atom. The van der Waals surface area contributed by atoms with Crippen LogP contribution in [0.5, 0.6) is 0 Å². The Morgan fingerprint density at radius 3 is 2.80 bits per heavy atom. The SMILES string of the molecule is NC(=O)Cc1cnc(-c2ccncc2)s1. The van der Waals surface area contributed by atoms with Crippen molar-refractivity contribution in [3.63, 3.8) is 0 Å². The lowest BCUT2D eigenvalue weighted by molar-refractivity contribution is -0.117. The van der Waals surface area contributed by atoms with Crippen LogP contribution in [0.1, 0.15) is 4.88 Å². The zero-order valence-electron chi connectivity index (χ0n) is 7.88. The van der Waals surface area contributed by atoms with Gasteiger partial charge in [-0.25, -0.2) is 4.98 Å². The van der Waals surface area contributed by atoms with Crippen LogP contribution in [0, 0.1) is 0 Å². The molecule has 2 rings (SSSR count). The normalized spacial score (nSPS) is 10.1. The molecule has 1 amide bonds. The predicted molar refractivity (Wildman–Crippen MR) is 58.2 cm³/mol. The molecule has 0 fully saturated rings. The summed E-state index contributed by atoms with van der Waals surface area (Å²) in [4.78, 5) is 19.7. The van der Waals surface area contributed by atoms with Gasteiger partial charge in [-0.2, -0.15) is 0 Å². The first-order valence-electron chi connectivity index (χ1n) is 4.39. The highest BCUT2D eigenvalue weighted by molar-refractivity contribution is 7.15. The van der Waals surface area contributed by atoms with E-state index < -0.39 is 0 Å². The number of amides is 1. The Bertz CT molecular complexity index is 467. The molecule has 0 atom stereocenters. The van der Waals surface area contributed by atoms with Gasteiger partial charge in [0, 0.05) is 29.0 Å². The minimum atomic E-state index is -0.333. The van der Waals surface area contributed by atoms with Crippen LogP contribution in [0.15, 0.2) is 30.7 Å². The monoisotopic (exact) mass is 219 g/mol. The predicted octanol–water partition coefficient (Wildman–Crippen LogP) is 1.23. The summed E-state index contributed by atoms with van der Waals surface area (Å²) in [6.07, 6.45) is 5.36. The number of hydrogen-bond donors (Lipinski definition) is 1. The lowest BCUT2D eigenvalue weighted by Crippen LogP contribution is -2.12. The molecule has 0 unspecified atom stereocenters. The molecular formula is C10H9N3OS. The van der Waals surface area contributed by atoms with Gasteiger partial charge in [0.1, 0.15) is 5.01 Å². The second kappa shape index (κ2) is 4.18. The molecular weight excluding hydrogens is 210 g/mol. The van der Waals surface area contributed by atoms with Crippen LogP contribution in [0.2, 0.25) is 0 Å². The average Bonchev–Trinajstić information content (AvgIpc) is 2.67. The second-order valence-corrected chi connectivity index (χ2v) is 4.13. The molecule has 0 saturated carbocycles. The number of carbonyl (C=O) groups is 1. The summed E-state index contributed by atoms with van der Waals surface area (Å²) in [6.45, 7) is 0. The molecule has 0 spiro atoms. The second-order valence-electron chi connectivity index (χ2n) is 3.01. The summed E-state index contributed by atoms with van der Waals surface area (Å²) in [5.74, 6) is -0.333. The standard InChI is InChI=1S/C10H9N3OS/c11-9(14)5-8-6-13-10(15-8)7-1-3-12-4-2-7/h1-4,6H,5H2,(H2,11,14). The summed E-state index contributed by atoms with van der Waals surface area (Å²) in [6, 6.07) is 3.76. The van der Waals surface area contributed by atoms with Crippen molar-refractivity contribution in [3.8, 4) is 10.6 Å². The smallest absolute Gasteiger partial charge is 0.222 e. The third kappa shape index (κ3) is 2.38. The Morgan fingerprint density at radius 2 is 2.13 bits per heavy atom. The molecule has 0 saturated heterocycles. The molecule has 5 heteroatoms. The van der Waals surface area contributed by atoms with Gasteiger partial charge in [-0.1, -0.05) is 0 Å². The van der Waals surface area contributed by atoms with Crippen LogP contribution in [0.3, 0.4) is 0 Å². The molecule has 0 aromatic carbocycles. The summed E-state index contributed by atoms with van der Waals surface area (Å²) in [5.41, 5.74) is 6.11.